The maximum absolute atomic E-state index is 4.54. The molecule has 5 rings (SSSR count). The fraction of sp³-hybridized carbons (Fsp3) is 0.250. The Labute approximate surface area is 165 Å². The number of nitrogens with zero attached hydrogens (tertiary/aromatic N) is 3. The summed E-state index contributed by atoms with van der Waals surface area (Å²) in [4.78, 5) is 4.47. The number of allylic oxidation sites excluding steroid dienone is 2. The van der Waals surface area contributed by atoms with E-state index in [0.29, 0.717) is 0 Å². The Morgan fingerprint density at radius 1 is 0.964 bits per heavy atom. The van der Waals surface area contributed by atoms with Crippen LogP contribution in [0.4, 0.5) is 5.95 Å². The van der Waals surface area contributed by atoms with Gasteiger partial charge in [-0.1, -0.05) is 59.7 Å². The Bertz CT molecular complexity index is 1070. The van der Waals surface area contributed by atoms with E-state index in [1.54, 1.807) is 6.33 Å². The van der Waals surface area contributed by atoms with E-state index in [2.05, 4.69) is 83.9 Å². The topological polar surface area (TPSA) is 42.7 Å². The molecule has 0 fully saturated rings. The van der Waals surface area contributed by atoms with Crippen LogP contribution in [0.2, 0.25) is 0 Å². The molecule has 0 unspecified atom stereocenters. The standard InChI is InChI=1S/C24H24N4/c1-16-6-10-18(11-7-16)14-20-4-3-5-21-22(20)27-24-25-15-26-28(24)23(21)19-12-8-17(2)9-13-19/h6-15,23H,3-5H2,1-2H3,(H,25,26,27)/b20-14+/t23-/m1/s1. The molecule has 4 heteroatoms. The van der Waals surface area contributed by atoms with Gasteiger partial charge in [0.25, 0.3) is 0 Å². The smallest absolute Gasteiger partial charge is 0.226 e. The first-order chi connectivity index (χ1) is 13.7. The lowest BCUT2D eigenvalue weighted by Gasteiger charge is -2.34. The molecule has 1 N–H and O–H groups in total. The molecule has 2 heterocycles. The molecule has 0 bridgehead atoms. The van der Waals surface area contributed by atoms with Crippen molar-refractivity contribution in [2.24, 2.45) is 0 Å². The second-order valence-electron chi connectivity index (χ2n) is 7.80. The molecule has 1 aliphatic carbocycles. The second-order valence-corrected chi connectivity index (χ2v) is 7.80. The van der Waals surface area contributed by atoms with Crippen molar-refractivity contribution in [3.05, 3.63) is 94.0 Å². The zero-order valence-corrected chi connectivity index (χ0v) is 16.3. The predicted molar refractivity (Wildman–Crippen MR) is 113 cm³/mol. The summed E-state index contributed by atoms with van der Waals surface area (Å²) in [5.74, 6) is 0.820. The quantitative estimate of drug-likeness (QED) is 0.656. The van der Waals surface area contributed by atoms with Crippen molar-refractivity contribution in [2.45, 2.75) is 39.2 Å². The monoisotopic (exact) mass is 368 g/mol. The van der Waals surface area contributed by atoms with Crippen LogP contribution in [0.1, 0.15) is 47.6 Å². The van der Waals surface area contributed by atoms with Crippen LogP contribution in [0.3, 0.4) is 0 Å². The molecule has 28 heavy (non-hydrogen) atoms. The highest BCUT2D eigenvalue weighted by molar-refractivity contribution is 5.65. The Hall–Kier alpha value is -3.14. The molecule has 2 aliphatic rings. The fourth-order valence-corrected chi connectivity index (χ4v) is 4.25. The van der Waals surface area contributed by atoms with Gasteiger partial charge in [0.2, 0.25) is 5.95 Å². The number of aromatic nitrogens is 3. The highest BCUT2D eigenvalue weighted by Crippen LogP contribution is 2.43. The molecule has 4 nitrogen and oxygen atoms in total. The van der Waals surface area contributed by atoms with E-state index < -0.39 is 0 Å². The number of hydrogen-bond acceptors (Lipinski definition) is 3. The van der Waals surface area contributed by atoms with Gasteiger partial charge in [0.05, 0.1) is 0 Å². The zero-order valence-electron chi connectivity index (χ0n) is 16.3. The van der Waals surface area contributed by atoms with E-state index in [1.807, 2.05) is 4.68 Å². The van der Waals surface area contributed by atoms with E-state index >= 15 is 0 Å². The Morgan fingerprint density at radius 3 is 2.43 bits per heavy atom. The molecule has 0 amide bonds. The van der Waals surface area contributed by atoms with E-state index in [9.17, 15) is 0 Å². The minimum Gasteiger partial charge on any atom is -0.324 e. The zero-order chi connectivity index (χ0) is 19.1. The minimum absolute atomic E-state index is 0.107. The summed E-state index contributed by atoms with van der Waals surface area (Å²) in [6, 6.07) is 17.6. The van der Waals surface area contributed by atoms with Gasteiger partial charge in [0.1, 0.15) is 12.4 Å². The molecule has 0 spiro atoms. The number of nitrogens with one attached hydrogen (secondary N) is 1. The second kappa shape index (κ2) is 6.79. The van der Waals surface area contributed by atoms with Crippen LogP contribution in [-0.4, -0.2) is 14.8 Å². The molecule has 0 saturated heterocycles. The molecule has 3 aromatic rings. The molecular weight excluding hydrogens is 344 g/mol. The maximum Gasteiger partial charge on any atom is 0.226 e. The summed E-state index contributed by atoms with van der Waals surface area (Å²) in [5, 5.41) is 8.11. The number of anilines is 1. The van der Waals surface area contributed by atoms with Gasteiger partial charge >= 0.3 is 0 Å². The lowest BCUT2D eigenvalue weighted by molar-refractivity contribution is 0.538. The minimum atomic E-state index is 0.107. The van der Waals surface area contributed by atoms with Crippen LogP contribution >= 0.6 is 0 Å². The van der Waals surface area contributed by atoms with Gasteiger partial charge in [0.15, 0.2) is 0 Å². The predicted octanol–water partition coefficient (Wildman–Crippen LogP) is 5.43. The molecule has 1 aliphatic heterocycles. The van der Waals surface area contributed by atoms with E-state index in [4.69, 9.17) is 0 Å². The molecular formula is C24H24N4. The molecule has 1 atom stereocenters. The molecule has 0 saturated carbocycles. The third-order valence-electron chi connectivity index (χ3n) is 5.73. The maximum atomic E-state index is 4.54. The highest BCUT2D eigenvalue weighted by Gasteiger charge is 2.33. The van der Waals surface area contributed by atoms with Crippen molar-refractivity contribution < 1.29 is 0 Å². The van der Waals surface area contributed by atoms with Crippen molar-refractivity contribution in [2.75, 3.05) is 5.32 Å². The van der Waals surface area contributed by atoms with E-state index in [0.717, 1.165) is 25.2 Å². The molecule has 1 aromatic heterocycles. The van der Waals surface area contributed by atoms with Gasteiger partial charge in [-0.3, -0.25) is 0 Å². The van der Waals surface area contributed by atoms with Crippen LogP contribution in [0.5, 0.6) is 0 Å². The van der Waals surface area contributed by atoms with Crippen LogP contribution in [0.15, 0.2) is 71.7 Å². The van der Waals surface area contributed by atoms with Crippen LogP contribution in [-0.2, 0) is 0 Å². The number of aryl methyl sites for hydroxylation is 2. The van der Waals surface area contributed by atoms with E-state index in [-0.39, 0.29) is 6.04 Å². The van der Waals surface area contributed by atoms with Gasteiger partial charge in [0, 0.05) is 5.70 Å². The number of hydrogen-bond donors (Lipinski definition) is 1. The van der Waals surface area contributed by atoms with Crippen molar-refractivity contribution >= 4 is 12.0 Å². The van der Waals surface area contributed by atoms with Gasteiger partial charge < -0.3 is 5.32 Å². The van der Waals surface area contributed by atoms with Gasteiger partial charge in [-0.05, 0) is 61.5 Å². The van der Waals surface area contributed by atoms with Crippen molar-refractivity contribution in [3.8, 4) is 0 Å². The average Bonchev–Trinajstić information content (AvgIpc) is 3.17. The van der Waals surface area contributed by atoms with Crippen LogP contribution < -0.4 is 5.32 Å². The first-order valence-corrected chi connectivity index (χ1v) is 9.93. The largest absolute Gasteiger partial charge is 0.324 e. The summed E-state index contributed by atoms with van der Waals surface area (Å²) in [5.41, 5.74) is 9.07. The van der Waals surface area contributed by atoms with Gasteiger partial charge in [-0.25, -0.2) is 4.68 Å². The first kappa shape index (κ1) is 17.0. The van der Waals surface area contributed by atoms with Crippen LogP contribution in [0.25, 0.3) is 6.08 Å². The molecule has 2 aromatic carbocycles. The van der Waals surface area contributed by atoms with E-state index in [1.165, 1.54) is 39.1 Å². The molecule has 140 valence electrons. The third-order valence-corrected chi connectivity index (χ3v) is 5.73. The lowest BCUT2D eigenvalue weighted by atomic mass is 9.83. The SMILES string of the molecule is Cc1ccc(/C=C2\CCCC3=C2Nc2ncnn2[C@@H]3c2ccc(C)cc2)cc1. The Balaban J connectivity index is 1.63. The van der Waals surface area contributed by atoms with Crippen molar-refractivity contribution in [3.63, 3.8) is 0 Å². The Kier molecular flexibility index (Phi) is 4.12. The fourth-order valence-electron chi connectivity index (χ4n) is 4.25. The summed E-state index contributed by atoms with van der Waals surface area (Å²) in [6.45, 7) is 4.25. The van der Waals surface area contributed by atoms with Gasteiger partial charge in [-0.15, -0.1) is 0 Å². The average molecular weight is 368 g/mol. The van der Waals surface area contributed by atoms with Crippen LogP contribution in [0, 0.1) is 13.8 Å². The summed E-state index contributed by atoms with van der Waals surface area (Å²) in [7, 11) is 0. The number of benzene rings is 2. The number of rotatable bonds is 2. The normalized spacial score (nSPS) is 19.9. The third kappa shape index (κ3) is 2.95. The Morgan fingerprint density at radius 2 is 1.68 bits per heavy atom. The number of fused-ring (bicyclic) bond motifs is 1. The summed E-state index contributed by atoms with van der Waals surface area (Å²) < 4.78 is 2.03. The highest BCUT2D eigenvalue weighted by atomic mass is 15.4. The molecule has 0 radical (unpaired) electrons. The summed E-state index contributed by atoms with van der Waals surface area (Å²) >= 11 is 0. The summed E-state index contributed by atoms with van der Waals surface area (Å²) in [6.07, 6.45) is 7.27. The lowest BCUT2D eigenvalue weighted by Crippen LogP contribution is -2.28. The van der Waals surface area contributed by atoms with Crippen molar-refractivity contribution in [1.82, 2.24) is 14.8 Å². The van der Waals surface area contributed by atoms with Crippen molar-refractivity contribution in [1.29, 1.82) is 0 Å². The van der Waals surface area contributed by atoms with Gasteiger partial charge in [-0.2, -0.15) is 10.1 Å². The first-order valence-electron chi connectivity index (χ1n) is 9.93.